The van der Waals surface area contributed by atoms with Crippen molar-refractivity contribution in [2.45, 2.75) is 59.3 Å². The van der Waals surface area contributed by atoms with Gasteiger partial charge in [-0.25, -0.2) is 0 Å². The molecule has 1 aliphatic rings. The summed E-state index contributed by atoms with van der Waals surface area (Å²) in [5.74, 6) is 0.135. The summed E-state index contributed by atoms with van der Waals surface area (Å²) in [5, 5.41) is 7.42. The van der Waals surface area contributed by atoms with Crippen LogP contribution >= 0.6 is 0 Å². The summed E-state index contributed by atoms with van der Waals surface area (Å²) in [6.45, 7) is 5.08. The zero-order chi connectivity index (χ0) is 14.5. The third kappa shape index (κ3) is 10.3. The Labute approximate surface area is 117 Å². The van der Waals surface area contributed by atoms with Crippen LogP contribution in [0.5, 0.6) is 0 Å². The van der Waals surface area contributed by atoms with Crippen molar-refractivity contribution < 1.29 is 9.90 Å². The van der Waals surface area contributed by atoms with E-state index in [0.717, 1.165) is 12.8 Å². The molecule has 1 saturated carbocycles. The molecule has 0 saturated heterocycles. The Hall–Kier alpha value is -1.31. The Kier molecular flexibility index (Phi) is 11.0. The van der Waals surface area contributed by atoms with Crippen molar-refractivity contribution in [3.63, 3.8) is 0 Å². The van der Waals surface area contributed by atoms with Crippen LogP contribution in [-0.4, -0.2) is 11.1 Å². The zero-order valence-electron chi connectivity index (χ0n) is 12.6. The molecule has 0 radical (unpaired) electrons. The number of aliphatic carboxylic acids is 1. The van der Waals surface area contributed by atoms with E-state index in [1.165, 1.54) is 44.1 Å². The molecule has 0 aromatic heterocycles. The highest BCUT2D eigenvalue weighted by Crippen LogP contribution is 2.26. The number of benzene rings is 1. The highest BCUT2D eigenvalue weighted by atomic mass is 16.4. The van der Waals surface area contributed by atoms with Gasteiger partial charge in [-0.1, -0.05) is 76.3 Å². The third-order valence-corrected chi connectivity index (χ3v) is 3.09. The topological polar surface area (TPSA) is 37.3 Å². The largest absolute Gasteiger partial charge is 0.481 e. The van der Waals surface area contributed by atoms with Crippen molar-refractivity contribution in [1.82, 2.24) is 0 Å². The summed E-state index contributed by atoms with van der Waals surface area (Å²) in [5.41, 5.74) is 1.52. The summed E-state index contributed by atoms with van der Waals surface area (Å²) in [7, 11) is 0. The van der Waals surface area contributed by atoms with Crippen LogP contribution in [-0.2, 0) is 11.2 Å². The molecule has 0 aliphatic heterocycles. The van der Waals surface area contributed by atoms with Crippen LogP contribution in [0.2, 0.25) is 0 Å². The van der Waals surface area contributed by atoms with Crippen molar-refractivity contribution in [3.8, 4) is 0 Å². The van der Waals surface area contributed by atoms with Gasteiger partial charge in [0.25, 0.3) is 5.97 Å². The summed E-state index contributed by atoms with van der Waals surface area (Å²) in [6, 6.07) is 10.9. The number of rotatable bonds is 2. The Morgan fingerprint density at radius 3 is 2.05 bits per heavy atom. The molecule has 1 aliphatic carbocycles. The quantitative estimate of drug-likeness (QED) is 0.822. The minimum Gasteiger partial charge on any atom is -0.481 e. The van der Waals surface area contributed by atoms with E-state index in [0.29, 0.717) is 0 Å². The third-order valence-electron chi connectivity index (χ3n) is 3.09. The van der Waals surface area contributed by atoms with Gasteiger partial charge in [0.1, 0.15) is 0 Å². The molecule has 0 amide bonds. The number of carboxylic acid groups (broad SMARTS) is 1. The van der Waals surface area contributed by atoms with Gasteiger partial charge in [0.15, 0.2) is 0 Å². The lowest BCUT2D eigenvalue weighted by Gasteiger charge is -2.21. The molecule has 2 nitrogen and oxygen atoms in total. The molecule has 0 bridgehead atoms. The SMILES string of the molecule is CC.CC(=O)O.c1ccc(CC2CCCCC2)cc1. The van der Waals surface area contributed by atoms with E-state index in [1.54, 1.807) is 0 Å². The lowest BCUT2D eigenvalue weighted by molar-refractivity contribution is -0.134. The van der Waals surface area contributed by atoms with Crippen LogP contribution in [0.4, 0.5) is 0 Å². The first-order valence-electron chi connectivity index (χ1n) is 7.42. The number of carbonyl (C=O) groups is 1. The van der Waals surface area contributed by atoms with Gasteiger partial charge in [0.2, 0.25) is 0 Å². The average molecular weight is 264 g/mol. The predicted molar refractivity (Wildman–Crippen MR) is 81.4 cm³/mol. The first-order chi connectivity index (χ1) is 9.18. The van der Waals surface area contributed by atoms with Gasteiger partial charge in [-0.2, -0.15) is 0 Å². The normalized spacial score (nSPS) is 14.5. The Balaban J connectivity index is 0.000000467. The van der Waals surface area contributed by atoms with E-state index in [1.807, 2.05) is 13.8 Å². The molecule has 2 heteroatoms. The van der Waals surface area contributed by atoms with E-state index >= 15 is 0 Å². The molecule has 1 fully saturated rings. The van der Waals surface area contributed by atoms with Gasteiger partial charge < -0.3 is 5.11 Å². The highest BCUT2D eigenvalue weighted by molar-refractivity contribution is 5.62. The Morgan fingerprint density at radius 2 is 1.58 bits per heavy atom. The molecular formula is C17H28O2. The lowest BCUT2D eigenvalue weighted by Crippen LogP contribution is -2.08. The minimum atomic E-state index is -0.833. The van der Waals surface area contributed by atoms with Gasteiger partial charge in [0, 0.05) is 6.92 Å². The molecule has 1 aromatic carbocycles. The zero-order valence-corrected chi connectivity index (χ0v) is 12.6. The lowest BCUT2D eigenvalue weighted by atomic mass is 9.85. The van der Waals surface area contributed by atoms with E-state index in [2.05, 4.69) is 30.3 Å². The minimum absolute atomic E-state index is 0.833. The maximum absolute atomic E-state index is 9.00. The summed E-state index contributed by atoms with van der Waals surface area (Å²) < 4.78 is 0. The average Bonchev–Trinajstić information content (AvgIpc) is 2.43. The fraction of sp³-hybridized carbons (Fsp3) is 0.588. The Bertz CT molecular complexity index is 309. The molecule has 0 spiro atoms. The van der Waals surface area contributed by atoms with E-state index in [4.69, 9.17) is 9.90 Å². The fourth-order valence-electron chi connectivity index (χ4n) is 2.34. The molecule has 0 heterocycles. The smallest absolute Gasteiger partial charge is 0.300 e. The maximum Gasteiger partial charge on any atom is 0.300 e. The number of hydrogen-bond acceptors (Lipinski definition) is 1. The summed E-state index contributed by atoms with van der Waals surface area (Å²) in [4.78, 5) is 9.00. The van der Waals surface area contributed by atoms with Crippen molar-refractivity contribution in [3.05, 3.63) is 35.9 Å². The van der Waals surface area contributed by atoms with E-state index in [-0.39, 0.29) is 0 Å². The second-order valence-corrected chi connectivity index (χ2v) is 4.71. The molecule has 0 atom stereocenters. The fourth-order valence-corrected chi connectivity index (χ4v) is 2.34. The summed E-state index contributed by atoms with van der Waals surface area (Å²) >= 11 is 0. The molecule has 1 aromatic rings. The van der Waals surface area contributed by atoms with Gasteiger partial charge >= 0.3 is 0 Å². The standard InChI is InChI=1S/C13H18.C2H4O2.C2H6/c1-3-7-12(8-4-1)11-13-9-5-2-6-10-13;1-2(3)4;1-2/h1,3-4,7-8,13H,2,5-6,9-11H2;1H3,(H,3,4);1-2H3. The maximum atomic E-state index is 9.00. The van der Waals surface area contributed by atoms with Crippen LogP contribution in [0.25, 0.3) is 0 Å². The second kappa shape index (κ2) is 11.8. The summed E-state index contributed by atoms with van der Waals surface area (Å²) in [6.07, 6.45) is 8.59. The number of hydrogen-bond donors (Lipinski definition) is 1. The van der Waals surface area contributed by atoms with Crippen LogP contribution in [0.3, 0.4) is 0 Å². The first kappa shape index (κ1) is 17.7. The van der Waals surface area contributed by atoms with Crippen molar-refractivity contribution in [2.75, 3.05) is 0 Å². The molecular weight excluding hydrogens is 236 g/mol. The Morgan fingerprint density at radius 1 is 1.11 bits per heavy atom. The van der Waals surface area contributed by atoms with Crippen LogP contribution in [0.1, 0.15) is 58.4 Å². The van der Waals surface area contributed by atoms with Crippen molar-refractivity contribution >= 4 is 5.97 Å². The van der Waals surface area contributed by atoms with Gasteiger partial charge in [-0.05, 0) is 17.9 Å². The van der Waals surface area contributed by atoms with Gasteiger partial charge in [-0.3, -0.25) is 4.79 Å². The van der Waals surface area contributed by atoms with E-state index < -0.39 is 5.97 Å². The molecule has 2 rings (SSSR count). The highest BCUT2D eigenvalue weighted by Gasteiger charge is 2.13. The predicted octanol–water partition coefficient (Wildman–Crippen LogP) is 4.93. The van der Waals surface area contributed by atoms with Crippen LogP contribution in [0.15, 0.2) is 30.3 Å². The van der Waals surface area contributed by atoms with Gasteiger partial charge in [-0.15, -0.1) is 0 Å². The molecule has 1 N–H and O–H groups in total. The molecule has 0 unspecified atom stereocenters. The monoisotopic (exact) mass is 264 g/mol. The van der Waals surface area contributed by atoms with Crippen molar-refractivity contribution in [1.29, 1.82) is 0 Å². The molecule has 108 valence electrons. The first-order valence-corrected chi connectivity index (χ1v) is 7.42. The molecule has 19 heavy (non-hydrogen) atoms. The second-order valence-electron chi connectivity index (χ2n) is 4.71. The van der Waals surface area contributed by atoms with E-state index in [9.17, 15) is 0 Å². The van der Waals surface area contributed by atoms with Crippen molar-refractivity contribution in [2.24, 2.45) is 5.92 Å². The van der Waals surface area contributed by atoms with Gasteiger partial charge in [0.05, 0.1) is 0 Å². The number of carboxylic acids is 1. The van der Waals surface area contributed by atoms with Crippen LogP contribution < -0.4 is 0 Å². The van der Waals surface area contributed by atoms with Crippen LogP contribution in [0, 0.1) is 5.92 Å².